The van der Waals surface area contributed by atoms with Gasteiger partial charge in [0.05, 0.1) is 0 Å². The van der Waals surface area contributed by atoms with Gasteiger partial charge in [-0.25, -0.2) is 0 Å². The number of hydrogen-bond acceptors (Lipinski definition) is 2. The molecule has 0 fully saturated rings. The van der Waals surface area contributed by atoms with Crippen LogP contribution in [0.3, 0.4) is 0 Å². The van der Waals surface area contributed by atoms with E-state index in [1.54, 1.807) is 0 Å². The average molecular weight is 299 g/mol. The third-order valence-corrected chi connectivity index (χ3v) is 3.81. The highest BCUT2D eigenvalue weighted by Gasteiger charge is 1.97. The molecule has 21 heavy (non-hydrogen) atoms. The maximum Gasteiger partial charge on any atom is 0.303 e. The van der Waals surface area contributed by atoms with Crippen molar-refractivity contribution >= 4 is 11.9 Å². The fourth-order valence-electron chi connectivity index (χ4n) is 2.52. The van der Waals surface area contributed by atoms with E-state index in [9.17, 15) is 9.59 Å². The zero-order valence-corrected chi connectivity index (χ0v) is 13.4. The minimum atomic E-state index is -0.676. The molecule has 0 aromatic carbocycles. The third-order valence-electron chi connectivity index (χ3n) is 3.81. The number of carboxylic acid groups (broad SMARTS) is 1. The summed E-state index contributed by atoms with van der Waals surface area (Å²) in [5.74, 6) is -0.859. The van der Waals surface area contributed by atoms with Gasteiger partial charge in [-0.2, -0.15) is 0 Å². The molecule has 0 spiro atoms. The largest absolute Gasteiger partial charge is 0.481 e. The zero-order chi connectivity index (χ0) is 15.8. The van der Waals surface area contributed by atoms with Gasteiger partial charge in [0.15, 0.2) is 0 Å². The van der Waals surface area contributed by atoms with Crippen molar-refractivity contribution in [3.05, 3.63) is 0 Å². The van der Waals surface area contributed by atoms with Crippen molar-refractivity contribution in [3.8, 4) is 0 Å². The summed E-state index contributed by atoms with van der Waals surface area (Å²) in [5, 5.41) is 8.51. The zero-order valence-electron chi connectivity index (χ0n) is 13.4. The molecule has 0 bridgehead atoms. The van der Waals surface area contributed by atoms with Crippen molar-refractivity contribution in [2.24, 2.45) is 5.73 Å². The van der Waals surface area contributed by atoms with Gasteiger partial charge < -0.3 is 10.8 Å². The molecule has 0 unspecified atom stereocenters. The van der Waals surface area contributed by atoms with Gasteiger partial charge in [-0.3, -0.25) is 9.59 Å². The summed E-state index contributed by atoms with van der Waals surface area (Å²) in [6, 6.07) is 0. The first kappa shape index (κ1) is 19.9. The summed E-state index contributed by atoms with van der Waals surface area (Å²) >= 11 is 0. The predicted molar refractivity (Wildman–Crippen MR) is 86.1 cm³/mol. The van der Waals surface area contributed by atoms with Crippen LogP contribution in [0, 0.1) is 0 Å². The first-order chi connectivity index (χ1) is 10.1. The third kappa shape index (κ3) is 18.9. The number of unbranched alkanes of at least 4 members (excludes halogenated alkanes) is 12. The normalized spacial score (nSPS) is 10.7. The van der Waals surface area contributed by atoms with Gasteiger partial charge >= 0.3 is 5.97 Å². The first-order valence-corrected chi connectivity index (χ1v) is 8.63. The molecule has 0 aliphatic heterocycles. The number of hydrogen-bond donors (Lipinski definition) is 2. The van der Waals surface area contributed by atoms with E-state index in [0.717, 1.165) is 25.7 Å². The number of primary amides is 1. The monoisotopic (exact) mass is 299 g/mol. The van der Waals surface area contributed by atoms with E-state index in [2.05, 4.69) is 0 Å². The second-order valence-electron chi connectivity index (χ2n) is 5.96. The van der Waals surface area contributed by atoms with Crippen molar-refractivity contribution in [2.75, 3.05) is 0 Å². The minimum Gasteiger partial charge on any atom is -0.481 e. The number of aliphatic carboxylic acids is 1. The van der Waals surface area contributed by atoms with E-state index in [1.807, 2.05) is 0 Å². The molecule has 3 N–H and O–H groups in total. The molecular weight excluding hydrogens is 266 g/mol. The van der Waals surface area contributed by atoms with Crippen molar-refractivity contribution in [1.29, 1.82) is 0 Å². The van der Waals surface area contributed by atoms with E-state index >= 15 is 0 Å². The smallest absolute Gasteiger partial charge is 0.303 e. The van der Waals surface area contributed by atoms with Crippen LogP contribution in [-0.2, 0) is 9.59 Å². The predicted octanol–water partition coefficient (Wildman–Crippen LogP) is 4.41. The van der Waals surface area contributed by atoms with Gasteiger partial charge in [-0.15, -0.1) is 0 Å². The number of rotatable bonds is 16. The summed E-state index contributed by atoms with van der Waals surface area (Å²) in [6.45, 7) is 0. The van der Waals surface area contributed by atoms with Crippen molar-refractivity contribution in [2.45, 2.75) is 96.3 Å². The number of amides is 1. The van der Waals surface area contributed by atoms with Crippen LogP contribution in [0.15, 0.2) is 0 Å². The molecule has 0 rings (SSSR count). The maximum atomic E-state index is 10.5. The van der Waals surface area contributed by atoms with Gasteiger partial charge in [-0.05, 0) is 12.8 Å². The Balaban J connectivity index is 2.99. The van der Waals surface area contributed by atoms with Gasteiger partial charge in [0.2, 0.25) is 5.91 Å². The van der Waals surface area contributed by atoms with Crippen LogP contribution in [0.2, 0.25) is 0 Å². The molecule has 0 heterocycles. The van der Waals surface area contributed by atoms with Gasteiger partial charge in [-0.1, -0.05) is 70.6 Å². The Morgan fingerprint density at radius 2 is 0.857 bits per heavy atom. The molecule has 4 heteroatoms. The lowest BCUT2D eigenvalue weighted by atomic mass is 10.0. The molecule has 0 aromatic heterocycles. The van der Waals surface area contributed by atoms with Crippen LogP contribution >= 0.6 is 0 Å². The molecule has 1 amide bonds. The van der Waals surface area contributed by atoms with Crippen LogP contribution in [0.4, 0.5) is 0 Å². The van der Waals surface area contributed by atoms with Gasteiger partial charge in [0.25, 0.3) is 0 Å². The second-order valence-corrected chi connectivity index (χ2v) is 5.96. The van der Waals surface area contributed by atoms with E-state index in [4.69, 9.17) is 10.8 Å². The van der Waals surface area contributed by atoms with E-state index in [1.165, 1.54) is 57.8 Å². The second kappa shape index (κ2) is 15.3. The van der Waals surface area contributed by atoms with Crippen molar-refractivity contribution in [1.82, 2.24) is 0 Å². The van der Waals surface area contributed by atoms with Crippen LogP contribution in [-0.4, -0.2) is 17.0 Å². The van der Waals surface area contributed by atoms with Gasteiger partial charge in [0, 0.05) is 12.8 Å². The lowest BCUT2D eigenvalue weighted by Gasteiger charge is -2.03. The molecule has 0 aliphatic rings. The molecule has 0 saturated heterocycles. The lowest BCUT2D eigenvalue weighted by molar-refractivity contribution is -0.137. The quantitative estimate of drug-likeness (QED) is 0.414. The van der Waals surface area contributed by atoms with Crippen LogP contribution in [0.1, 0.15) is 96.3 Å². The molecule has 0 saturated carbocycles. The minimum absolute atomic E-state index is 0.182. The molecule has 0 atom stereocenters. The standard InChI is InChI=1S/C17H33NO3/c18-16(19)14-12-10-8-6-4-2-1-3-5-7-9-11-13-15-17(20)21/h1-15H2,(H2,18,19)(H,20,21). The van der Waals surface area contributed by atoms with E-state index < -0.39 is 5.97 Å². The Labute approximate surface area is 129 Å². The van der Waals surface area contributed by atoms with Crippen LogP contribution in [0.25, 0.3) is 0 Å². The van der Waals surface area contributed by atoms with Crippen LogP contribution < -0.4 is 5.73 Å². The Morgan fingerprint density at radius 3 is 1.14 bits per heavy atom. The summed E-state index contributed by atoms with van der Waals surface area (Å²) in [6.07, 6.45) is 16.2. The number of carbonyl (C=O) groups is 2. The summed E-state index contributed by atoms with van der Waals surface area (Å²) < 4.78 is 0. The SMILES string of the molecule is NC(=O)CCCCCCCCCCCCCCCC(=O)O. The van der Waals surface area contributed by atoms with Crippen molar-refractivity contribution in [3.63, 3.8) is 0 Å². The Bertz CT molecular complexity index is 241. The van der Waals surface area contributed by atoms with Crippen LogP contribution in [0.5, 0.6) is 0 Å². The number of nitrogens with two attached hydrogens (primary N) is 1. The van der Waals surface area contributed by atoms with E-state index in [0.29, 0.717) is 12.8 Å². The Morgan fingerprint density at radius 1 is 0.571 bits per heavy atom. The molecule has 0 aliphatic carbocycles. The first-order valence-electron chi connectivity index (χ1n) is 8.63. The highest BCUT2D eigenvalue weighted by molar-refractivity contribution is 5.73. The number of carboxylic acids is 1. The highest BCUT2D eigenvalue weighted by atomic mass is 16.4. The topological polar surface area (TPSA) is 80.4 Å². The summed E-state index contributed by atoms with van der Waals surface area (Å²) in [7, 11) is 0. The highest BCUT2D eigenvalue weighted by Crippen LogP contribution is 2.13. The Hall–Kier alpha value is -1.06. The average Bonchev–Trinajstić information content (AvgIpc) is 2.42. The fraction of sp³-hybridized carbons (Fsp3) is 0.882. The van der Waals surface area contributed by atoms with Crippen molar-refractivity contribution < 1.29 is 14.7 Å². The maximum absolute atomic E-state index is 10.5. The molecule has 4 nitrogen and oxygen atoms in total. The Kier molecular flexibility index (Phi) is 14.6. The molecule has 124 valence electrons. The molecule has 0 aromatic rings. The van der Waals surface area contributed by atoms with Gasteiger partial charge in [0.1, 0.15) is 0 Å². The molecular formula is C17H33NO3. The summed E-state index contributed by atoms with van der Waals surface area (Å²) in [4.78, 5) is 20.9. The summed E-state index contributed by atoms with van der Waals surface area (Å²) in [5.41, 5.74) is 5.09. The lowest BCUT2D eigenvalue weighted by Crippen LogP contribution is -2.09. The molecule has 0 radical (unpaired) electrons. The van der Waals surface area contributed by atoms with E-state index in [-0.39, 0.29) is 5.91 Å². The number of carbonyl (C=O) groups excluding carboxylic acids is 1. The fourth-order valence-corrected chi connectivity index (χ4v) is 2.52.